The van der Waals surface area contributed by atoms with Crippen LogP contribution in [0.3, 0.4) is 0 Å². The molecule has 1 N–H and O–H groups in total. The minimum atomic E-state index is -0.177. The molecule has 4 heteroatoms. The minimum Gasteiger partial charge on any atom is -0.493 e. The van der Waals surface area contributed by atoms with Gasteiger partial charge in [0.05, 0.1) is 7.11 Å². The molecule has 1 aliphatic heterocycles. The smallest absolute Gasteiger partial charge is 0.164 e. The average molecular weight is 287 g/mol. The highest BCUT2D eigenvalue weighted by Gasteiger charge is 2.22. The van der Waals surface area contributed by atoms with Crippen LogP contribution >= 0.6 is 0 Å². The van der Waals surface area contributed by atoms with Crippen LogP contribution in [0.25, 0.3) is 0 Å². The van der Waals surface area contributed by atoms with E-state index in [-0.39, 0.29) is 11.9 Å². The van der Waals surface area contributed by atoms with E-state index in [1.165, 1.54) is 6.07 Å². The summed E-state index contributed by atoms with van der Waals surface area (Å²) < 4.78 is 24.7. The standard InChI is InChI=1S/C17H18FNO2/c1-20-16-8-4-6-12-9-14(11-21-17(12)16)19-10-13-5-2-3-7-15(13)18/h2-8,14,19H,9-11H2,1H3. The molecule has 0 saturated carbocycles. The molecule has 0 aliphatic carbocycles. The fourth-order valence-electron chi connectivity index (χ4n) is 2.58. The lowest BCUT2D eigenvalue weighted by molar-refractivity contribution is 0.226. The summed E-state index contributed by atoms with van der Waals surface area (Å²) in [6.45, 7) is 1.06. The van der Waals surface area contributed by atoms with Gasteiger partial charge in [-0.3, -0.25) is 0 Å². The van der Waals surface area contributed by atoms with Crippen molar-refractivity contribution in [3.63, 3.8) is 0 Å². The molecular weight excluding hydrogens is 269 g/mol. The summed E-state index contributed by atoms with van der Waals surface area (Å²) in [5, 5.41) is 3.35. The second-order valence-corrected chi connectivity index (χ2v) is 5.13. The van der Waals surface area contributed by atoms with Crippen LogP contribution in [0.5, 0.6) is 11.5 Å². The molecule has 110 valence electrons. The number of para-hydroxylation sites is 1. The molecule has 1 unspecified atom stereocenters. The molecule has 1 aliphatic rings. The number of methoxy groups -OCH3 is 1. The van der Waals surface area contributed by atoms with Gasteiger partial charge in [-0.15, -0.1) is 0 Å². The second kappa shape index (κ2) is 6.14. The Morgan fingerprint density at radius 2 is 2.10 bits per heavy atom. The van der Waals surface area contributed by atoms with Crippen LogP contribution in [0.4, 0.5) is 4.39 Å². The van der Waals surface area contributed by atoms with Gasteiger partial charge in [-0.1, -0.05) is 30.3 Å². The number of nitrogens with one attached hydrogen (secondary N) is 1. The third-order valence-corrected chi connectivity index (χ3v) is 3.71. The molecule has 3 nitrogen and oxygen atoms in total. The van der Waals surface area contributed by atoms with Crippen molar-refractivity contribution in [2.24, 2.45) is 0 Å². The van der Waals surface area contributed by atoms with E-state index < -0.39 is 0 Å². The summed E-state index contributed by atoms with van der Waals surface area (Å²) in [4.78, 5) is 0. The number of benzene rings is 2. The van der Waals surface area contributed by atoms with Crippen molar-refractivity contribution in [2.45, 2.75) is 19.0 Å². The third kappa shape index (κ3) is 3.00. The fourth-order valence-corrected chi connectivity index (χ4v) is 2.58. The lowest BCUT2D eigenvalue weighted by Gasteiger charge is -2.27. The molecule has 0 radical (unpaired) electrons. The highest BCUT2D eigenvalue weighted by Crippen LogP contribution is 2.34. The first-order valence-corrected chi connectivity index (χ1v) is 7.03. The van der Waals surface area contributed by atoms with E-state index in [2.05, 4.69) is 5.32 Å². The van der Waals surface area contributed by atoms with Crippen LogP contribution in [0, 0.1) is 5.82 Å². The quantitative estimate of drug-likeness (QED) is 0.938. The van der Waals surface area contributed by atoms with Crippen molar-refractivity contribution >= 4 is 0 Å². The van der Waals surface area contributed by atoms with Crippen molar-refractivity contribution < 1.29 is 13.9 Å². The van der Waals surface area contributed by atoms with E-state index in [0.717, 1.165) is 23.5 Å². The summed E-state index contributed by atoms with van der Waals surface area (Å²) in [5.41, 5.74) is 1.79. The lowest BCUT2D eigenvalue weighted by Crippen LogP contribution is -2.39. The first-order chi connectivity index (χ1) is 10.3. The first-order valence-electron chi connectivity index (χ1n) is 7.03. The molecule has 3 rings (SSSR count). The molecule has 0 aromatic heterocycles. The van der Waals surface area contributed by atoms with Gasteiger partial charge in [-0.05, 0) is 24.1 Å². The molecule has 0 fully saturated rings. The summed E-state index contributed by atoms with van der Waals surface area (Å²) in [6.07, 6.45) is 0.848. The van der Waals surface area contributed by atoms with Crippen LogP contribution < -0.4 is 14.8 Å². The fraction of sp³-hybridized carbons (Fsp3) is 0.294. The van der Waals surface area contributed by atoms with Gasteiger partial charge in [0.2, 0.25) is 0 Å². The number of hydrogen-bond acceptors (Lipinski definition) is 3. The van der Waals surface area contributed by atoms with Crippen molar-refractivity contribution in [2.75, 3.05) is 13.7 Å². The molecule has 0 bridgehead atoms. The van der Waals surface area contributed by atoms with Crippen molar-refractivity contribution in [3.8, 4) is 11.5 Å². The Kier molecular flexibility index (Phi) is 4.06. The van der Waals surface area contributed by atoms with Gasteiger partial charge in [0, 0.05) is 18.2 Å². The van der Waals surface area contributed by atoms with Crippen LogP contribution in [0.15, 0.2) is 42.5 Å². The molecule has 0 spiro atoms. The zero-order chi connectivity index (χ0) is 14.7. The SMILES string of the molecule is COc1cccc2c1OCC(NCc1ccccc1F)C2. The minimum absolute atomic E-state index is 0.171. The zero-order valence-corrected chi connectivity index (χ0v) is 11.9. The van der Waals surface area contributed by atoms with Gasteiger partial charge in [0.15, 0.2) is 11.5 Å². The molecule has 1 heterocycles. The molecular formula is C17H18FNO2. The predicted molar refractivity (Wildman–Crippen MR) is 79.2 cm³/mol. The van der Waals surface area contributed by atoms with Gasteiger partial charge in [0.25, 0.3) is 0 Å². The maximum Gasteiger partial charge on any atom is 0.164 e. The highest BCUT2D eigenvalue weighted by molar-refractivity contribution is 5.48. The molecule has 0 saturated heterocycles. The van der Waals surface area contributed by atoms with E-state index in [9.17, 15) is 4.39 Å². The topological polar surface area (TPSA) is 30.5 Å². The maximum atomic E-state index is 13.6. The Morgan fingerprint density at radius 3 is 2.90 bits per heavy atom. The molecule has 2 aromatic rings. The van der Waals surface area contributed by atoms with E-state index in [1.54, 1.807) is 19.2 Å². The third-order valence-electron chi connectivity index (χ3n) is 3.71. The Morgan fingerprint density at radius 1 is 1.24 bits per heavy atom. The van der Waals surface area contributed by atoms with Gasteiger partial charge < -0.3 is 14.8 Å². The maximum absolute atomic E-state index is 13.6. The average Bonchev–Trinajstić information content (AvgIpc) is 2.53. The summed E-state index contributed by atoms with van der Waals surface area (Å²) in [7, 11) is 1.64. The molecule has 21 heavy (non-hydrogen) atoms. The number of halogens is 1. The summed E-state index contributed by atoms with van der Waals surface area (Å²) >= 11 is 0. The van der Waals surface area contributed by atoms with Gasteiger partial charge in [-0.2, -0.15) is 0 Å². The highest BCUT2D eigenvalue weighted by atomic mass is 19.1. The normalized spacial score (nSPS) is 17.0. The van der Waals surface area contributed by atoms with Crippen molar-refractivity contribution in [3.05, 3.63) is 59.4 Å². The predicted octanol–water partition coefficient (Wildman–Crippen LogP) is 2.93. The molecule has 1 atom stereocenters. The monoisotopic (exact) mass is 287 g/mol. The van der Waals surface area contributed by atoms with Gasteiger partial charge in [0.1, 0.15) is 12.4 Å². The summed E-state index contributed by atoms with van der Waals surface area (Å²) in [5.74, 6) is 1.41. The summed E-state index contributed by atoms with van der Waals surface area (Å²) in [6, 6.07) is 12.9. The van der Waals surface area contributed by atoms with E-state index in [1.807, 2.05) is 24.3 Å². The Balaban J connectivity index is 1.66. The molecule has 0 amide bonds. The van der Waals surface area contributed by atoms with Crippen molar-refractivity contribution in [1.29, 1.82) is 0 Å². The van der Waals surface area contributed by atoms with Crippen LogP contribution in [0.1, 0.15) is 11.1 Å². The number of ether oxygens (including phenoxy) is 2. The van der Waals surface area contributed by atoms with Crippen LogP contribution in [-0.4, -0.2) is 19.8 Å². The number of fused-ring (bicyclic) bond motifs is 1. The Labute approximate surface area is 123 Å². The first kappa shape index (κ1) is 13.9. The zero-order valence-electron chi connectivity index (χ0n) is 11.9. The van der Waals surface area contributed by atoms with E-state index in [4.69, 9.17) is 9.47 Å². The van der Waals surface area contributed by atoms with Crippen LogP contribution in [0.2, 0.25) is 0 Å². The Bertz CT molecular complexity index is 630. The van der Waals surface area contributed by atoms with Gasteiger partial charge >= 0.3 is 0 Å². The Hall–Kier alpha value is -2.07. The van der Waals surface area contributed by atoms with Crippen molar-refractivity contribution in [1.82, 2.24) is 5.32 Å². The van der Waals surface area contributed by atoms with E-state index in [0.29, 0.717) is 18.7 Å². The van der Waals surface area contributed by atoms with Gasteiger partial charge in [-0.25, -0.2) is 4.39 Å². The van der Waals surface area contributed by atoms with E-state index >= 15 is 0 Å². The number of hydrogen-bond donors (Lipinski definition) is 1. The van der Waals surface area contributed by atoms with Crippen LogP contribution in [-0.2, 0) is 13.0 Å². The second-order valence-electron chi connectivity index (χ2n) is 5.13. The lowest BCUT2D eigenvalue weighted by atomic mass is 10.0. The largest absolute Gasteiger partial charge is 0.493 e. The number of rotatable bonds is 4. The molecule has 2 aromatic carbocycles.